The molecule has 8 nitrogen and oxygen atoms in total. The molecule has 11 heteroatoms. The highest BCUT2D eigenvalue weighted by Crippen LogP contribution is 2.38. The number of rotatable bonds is 7. The summed E-state index contributed by atoms with van der Waals surface area (Å²) in [5.41, 5.74) is 1.43. The number of ether oxygens (including phenoxy) is 1. The van der Waals surface area contributed by atoms with E-state index in [9.17, 15) is 24.0 Å². The molecule has 42 heavy (non-hydrogen) atoms. The first kappa shape index (κ1) is 29.5. The number of hydrogen-bond acceptors (Lipinski definition) is 6. The first-order chi connectivity index (χ1) is 20.0. The fraction of sp³-hybridized carbons (Fsp3) is 0.194. The van der Waals surface area contributed by atoms with Gasteiger partial charge in [-0.3, -0.25) is 19.2 Å². The largest absolute Gasteiger partial charge is 0.423 e. The van der Waals surface area contributed by atoms with Crippen LogP contribution in [0.25, 0.3) is 0 Å². The van der Waals surface area contributed by atoms with Crippen molar-refractivity contribution in [3.8, 4) is 5.75 Å². The van der Waals surface area contributed by atoms with Gasteiger partial charge in [0.05, 0.1) is 22.4 Å². The summed E-state index contributed by atoms with van der Waals surface area (Å²) in [6, 6.07) is 16.0. The van der Waals surface area contributed by atoms with Crippen molar-refractivity contribution in [2.75, 3.05) is 6.54 Å². The van der Waals surface area contributed by atoms with Crippen molar-refractivity contribution in [2.45, 2.75) is 19.8 Å². The Bertz CT molecular complexity index is 1640. The molecule has 1 aliphatic carbocycles. The van der Waals surface area contributed by atoms with E-state index in [0.717, 1.165) is 15.6 Å². The number of nitrogens with zero attached hydrogens (tertiary/aromatic N) is 2. The number of amides is 3. The fourth-order valence-corrected chi connectivity index (χ4v) is 5.60. The van der Waals surface area contributed by atoms with Crippen LogP contribution in [-0.2, 0) is 9.59 Å². The van der Waals surface area contributed by atoms with Crippen LogP contribution in [-0.4, -0.2) is 46.0 Å². The highest BCUT2D eigenvalue weighted by atomic mass is 35.5. The molecular weight excluding hydrogens is 603 g/mol. The molecule has 0 N–H and O–H groups in total. The van der Waals surface area contributed by atoms with Gasteiger partial charge in [0.1, 0.15) is 12.3 Å². The van der Waals surface area contributed by atoms with Gasteiger partial charge in [-0.2, -0.15) is 5.01 Å². The SMILES string of the molecule is CC1=CC[C@@H]2C(=O)N(N(CC(=O)c3ccc(OC(=O)c4ccc(Cl)cc4Cl)cc3)C(=O)c3ccc(Cl)cc3)C(=O)[C@@H]2C1. The first-order valence-corrected chi connectivity index (χ1v) is 14.1. The topological polar surface area (TPSA) is 101 Å². The number of hydrazine groups is 1. The zero-order valence-corrected chi connectivity index (χ0v) is 24.4. The smallest absolute Gasteiger partial charge is 0.345 e. The van der Waals surface area contributed by atoms with E-state index in [0.29, 0.717) is 22.9 Å². The third-order valence-electron chi connectivity index (χ3n) is 7.20. The average molecular weight is 626 g/mol. The second-order valence-electron chi connectivity index (χ2n) is 10.0. The molecule has 3 aromatic carbocycles. The van der Waals surface area contributed by atoms with Gasteiger partial charge in [-0.15, -0.1) is 0 Å². The summed E-state index contributed by atoms with van der Waals surface area (Å²) in [4.78, 5) is 66.4. The third-order valence-corrected chi connectivity index (χ3v) is 8.00. The predicted octanol–water partition coefficient (Wildman–Crippen LogP) is 6.45. The fourth-order valence-electron chi connectivity index (χ4n) is 4.99. The minimum atomic E-state index is -0.715. The molecule has 0 aromatic heterocycles. The van der Waals surface area contributed by atoms with Gasteiger partial charge in [0.15, 0.2) is 5.78 Å². The Morgan fingerprint density at radius 1 is 0.857 bits per heavy atom. The Kier molecular flexibility index (Phi) is 8.50. The Labute approximate surface area is 256 Å². The molecule has 1 aliphatic heterocycles. The van der Waals surface area contributed by atoms with E-state index >= 15 is 0 Å². The second-order valence-corrected chi connectivity index (χ2v) is 11.3. The molecule has 3 aromatic rings. The number of halogens is 3. The Morgan fingerprint density at radius 3 is 2.14 bits per heavy atom. The van der Waals surface area contributed by atoms with Crippen LogP contribution in [0.4, 0.5) is 0 Å². The van der Waals surface area contributed by atoms with Crippen LogP contribution in [0.15, 0.2) is 78.4 Å². The molecule has 214 valence electrons. The molecular formula is C31H23Cl3N2O6. The van der Waals surface area contributed by atoms with Crippen molar-refractivity contribution in [1.29, 1.82) is 0 Å². The molecule has 1 fully saturated rings. The molecule has 2 atom stereocenters. The molecule has 0 saturated carbocycles. The van der Waals surface area contributed by atoms with E-state index < -0.39 is 47.9 Å². The number of esters is 1. The van der Waals surface area contributed by atoms with Crippen molar-refractivity contribution in [3.05, 3.63) is 110 Å². The standard InChI is InChI=1S/C31H23Cl3N2O6/c1-17-2-12-23-25(14-17)30(40)36(29(23)39)35(28(38)19-3-7-20(32)8-4-19)16-27(37)18-5-10-22(11-6-18)42-31(41)24-13-9-21(33)15-26(24)34/h2-11,13,15,23,25H,12,14,16H2,1H3/t23-,25+/m0/s1. The van der Waals surface area contributed by atoms with E-state index in [1.165, 1.54) is 66.7 Å². The average Bonchev–Trinajstić information content (AvgIpc) is 3.20. The predicted molar refractivity (Wildman–Crippen MR) is 157 cm³/mol. The van der Waals surface area contributed by atoms with Crippen molar-refractivity contribution in [3.63, 3.8) is 0 Å². The summed E-state index contributed by atoms with van der Waals surface area (Å²) < 4.78 is 5.36. The highest BCUT2D eigenvalue weighted by molar-refractivity contribution is 6.36. The van der Waals surface area contributed by atoms with E-state index in [4.69, 9.17) is 39.5 Å². The van der Waals surface area contributed by atoms with Crippen LogP contribution in [0.5, 0.6) is 5.75 Å². The Balaban J connectivity index is 1.37. The van der Waals surface area contributed by atoms with Crippen LogP contribution in [0.3, 0.4) is 0 Å². The minimum Gasteiger partial charge on any atom is -0.423 e. The number of carbonyl (C=O) groups is 5. The maximum absolute atomic E-state index is 13.6. The van der Waals surface area contributed by atoms with Gasteiger partial charge in [-0.1, -0.05) is 46.5 Å². The number of ketones is 1. The molecule has 0 radical (unpaired) electrons. The van der Waals surface area contributed by atoms with Crippen LogP contribution >= 0.6 is 34.8 Å². The van der Waals surface area contributed by atoms with E-state index in [1.807, 2.05) is 13.0 Å². The summed E-state index contributed by atoms with van der Waals surface area (Å²) in [6.07, 6.45) is 2.71. The molecule has 5 rings (SSSR count). The lowest BCUT2D eigenvalue weighted by Crippen LogP contribution is -2.52. The quantitative estimate of drug-likeness (QED) is 0.0984. The molecule has 0 spiro atoms. The van der Waals surface area contributed by atoms with Crippen molar-refractivity contribution in [2.24, 2.45) is 11.8 Å². The number of benzene rings is 3. The van der Waals surface area contributed by atoms with Gasteiger partial charge >= 0.3 is 5.97 Å². The van der Waals surface area contributed by atoms with Crippen LogP contribution < -0.4 is 4.74 Å². The van der Waals surface area contributed by atoms with E-state index in [1.54, 1.807) is 0 Å². The van der Waals surface area contributed by atoms with Crippen molar-refractivity contribution < 1.29 is 28.7 Å². The van der Waals surface area contributed by atoms with Gasteiger partial charge in [0, 0.05) is 21.2 Å². The number of hydrogen-bond donors (Lipinski definition) is 0. The van der Waals surface area contributed by atoms with Crippen molar-refractivity contribution in [1.82, 2.24) is 10.0 Å². The Hall–Kier alpha value is -3.98. The molecule has 1 heterocycles. The summed E-state index contributed by atoms with van der Waals surface area (Å²) in [5, 5.41) is 2.62. The monoisotopic (exact) mass is 624 g/mol. The summed E-state index contributed by atoms with van der Waals surface area (Å²) >= 11 is 17.9. The van der Waals surface area contributed by atoms with Crippen LogP contribution in [0.1, 0.15) is 50.8 Å². The van der Waals surface area contributed by atoms with Crippen LogP contribution in [0.2, 0.25) is 15.1 Å². The van der Waals surface area contributed by atoms with Crippen LogP contribution in [0, 0.1) is 11.8 Å². The van der Waals surface area contributed by atoms with E-state index in [-0.39, 0.29) is 27.5 Å². The zero-order valence-electron chi connectivity index (χ0n) is 22.2. The molecule has 0 bridgehead atoms. The van der Waals surface area contributed by atoms with Gasteiger partial charge < -0.3 is 4.74 Å². The highest BCUT2D eigenvalue weighted by Gasteiger charge is 2.51. The number of carbonyl (C=O) groups excluding carboxylic acids is 5. The lowest BCUT2D eigenvalue weighted by Gasteiger charge is -2.30. The summed E-state index contributed by atoms with van der Waals surface area (Å²) in [5.74, 6) is -4.04. The minimum absolute atomic E-state index is 0.114. The number of allylic oxidation sites excluding steroid dienone is 2. The van der Waals surface area contributed by atoms with Gasteiger partial charge in [0.2, 0.25) is 0 Å². The molecule has 3 amide bonds. The van der Waals surface area contributed by atoms with E-state index in [2.05, 4.69) is 0 Å². The zero-order chi connectivity index (χ0) is 30.1. The lowest BCUT2D eigenvalue weighted by molar-refractivity contribution is -0.154. The maximum Gasteiger partial charge on any atom is 0.345 e. The van der Waals surface area contributed by atoms with Crippen molar-refractivity contribution >= 4 is 64.3 Å². The van der Waals surface area contributed by atoms with Gasteiger partial charge in [-0.25, -0.2) is 9.80 Å². The lowest BCUT2D eigenvalue weighted by atomic mass is 9.82. The number of Topliss-reactive ketones (excluding diaryl/α,β-unsaturated/α-hetero) is 1. The normalized spacial score (nSPS) is 17.9. The molecule has 1 saturated heterocycles. The Morgan fingerprint density at radius 2 is 1.48 bits per heavy atom. The first-order valence-electron chi connectivity index (χ1n) is 12.9. The number of fused-ring (bicyclic) bond motifs is 1. The number of imide groups is 1. The molecule has 0 unspecified atom stereocenters. The maximum atomic E-state index is 13.6. The van der Waals surface area contributed by atoms with Gasteiger partial charge in [-0.05, 0) is 86.5 Å². The summed E-state index contributed by atoms with van der Waals surface area (Å²) in [7, 11) is 0. The third kappa shape index (κ3) is 5.97. The van der Waals surface area contributed by atoms with Gasteiger partial charge in [0.25, 0.3) is 17.7 Å². The summed E-state index contributed by atoms with van der Waals surface area (Å²) in [6.45, 7) is 1.31. The second kappa shape index (κ2) is 12.1. The molecule has 2 aliphatic rings.